The van der Waals surface area contributed by atoms with Crippen molar-refractivity contribution in [3.63, 3.8) is 0 Å². The number of urea groups is 1. The summed E-state index contributed by atoms with van der Waals surface area (Å²) in [5.41, 5.74) is 0.691. The summed E-state index contributed by atoms with van der Waals surface area (Å²) in [6, 6.07) is 5.93. The molecule has 6 nitrogen and oxygen atoms in total. The van der Waals surface area contributed by atoms with Gasteiger partial charge in [0, 0.05) is 44.8 Å². The number of nitrogens with zero attached hydrogens (tertiary/aromatic N) is 2. The Morgan fingerprint density at radius 2 is 1.67 bits per heavy atom. The molecule has 1 heterocycles. The summed E-state index contributed by atoms with van der Waals surface area (Å²) in [6.07, 6.45) is 0. The largest absolute Gasteiger partial charge is 0.341 e. The van der Waals surface area contributed by atoms with Crippen molar-refractivity contribution in [3.05, 3.63) is 35.6 Å². The Kier molecular flexibility index (Phi) is 6.28. The second-order valence-electron chi connectivity index (χ2n) is 6.01. The molecule has 1 aliphatic heterocycles. The van der Waals surface area contributed by atoms with Crippen LogP contribution in [0.3, 0.4) is 0 Å². The number of hydrogen-bond donors (Lipinski definition) is 2. The van der Waals surface area contributed by atoms with E-state index >= 15 is 0 Å². The van der Waals surface area contributed by atoms with Gasteiger partial charge in [-0.15, -0.1) is 0 Å². The molecule has 0 saturated carbocycles. The summed E-state index contributed by atoms with van der Waals surface area (Å²) in [5, 5.41) is 4.67. The van der Waals surface area contributed by atoms with Gasteiger partial charge in [-0.3, -0.25) is 19.9 Å². The van der Waals surface area contributed by atoms with E-state index in [1.807, 2.05) is 24.0 Å². The van der Waals surface area contributed by atoms with Crippen molar-refractivity contribution in [2.45, 2.75) is 25.9 Å². The predicted molar refractivity (Wildman–Crippen MR) is 90.0 cm³/mol. The zero-order valence-electron chi connectivity index (χ0n) is 14.4. The van der Waals surface area contributed by atoms with Gasteiger partial charge >= 0.3 is 6.03 Å². The Labute approximate surface area is 142 Å². The molecule has 24 heavy (non-hydrogen) atoms. The lowest BCUT2D eigenvalue weighted by molar-refractivity contribution is -0.125. The molecule has 0 bridgehead atoms. The number of carbonyl (C=O) groups is 2. The summed E-state index contributed by atoms with van der Waals surface area (Å²) < 4.78 is 13.9. The highest BCUT2D eigenvalue weighted by molar-refractivity contribution is 5.96. The van der Waals surface area contributed by atoms with Crippen LogP contribution in [0.15, 0.2) is 24.3 Å². The molecule has 132 valence electrons. The molecular formula is C17H25FN4O2. The lowest BCUT2D eigenvalue weighted by atomic mass is 10.1. The Morgan fingerprint density at radius 3 is 2.25 bits per heavy atom. The fourth-order valence-corrected chi connectivity index (χ4v) is 2.97. The van der Waals surface area contributed by atoms with Gasteiger partial charge in [0.2, 0.25) is 5.91 Å². The minimum Gasteiger partial charge on any atom is -0.341 e. The highest BCUT2D eigenvalue weighted by atomic mass is 19.1. The minimum atomic E-state index is -0.501. The van der Waals surface area contributed by atoms with Gasteiger partial charge in [0.1, 0.15) is 5.82 Å². The first-order valence-electron chi connectivity index (χ1n) is 8.19. The van der Waals surface area contributed by atoms with E-state index in [9.17, 15) is 14.0 Å². The van der Waals surface area contributed by atoms with E-state index in [2.05, 4.69) is 15.5 Å². The molecule has 2 N–H and O–H groups in total. The topological polar surface area (TPSA) is 64.7 Å². The van der Waals surface area contributed by atoms with Crippen LogP contribution in [-0.2, 0) is 4.79 Å². The van der Waals surface area contributed by atoms with Crippen LogP contribution in [-0.4, -0.2) is 61.0 Å². The molecule has 7 heteroatoms. The number of rotatable bonds is 4. The normalized spacial score (nSPS) is 18.7. The molecular weight excluding hydrogens is 311 g/mol. The van der Waals surface area contributed by atoms with Gasteiger partial charge in [0.05, 0.1) is 6.04 Å². The zero-order valence-corrected chi connectivity index (χ0v) is 14.4. The van der Waals surface area contributed by atoms with Crippen molar-refractivity contribution in [1.82, 2.24) is 20.4 Å². The van der Waals surface area contributed by atoms with Crippen molar-refractivity contribution < 1.29 is 14.0 Å². The van der Waals surface area contributed by atoms with Crippen LogP contribution in [0.1, 0.15) is 25.5 Å². The average Bonchev–Trinajstić information content (AvgIpc) is 2.60. The SMILES string of the molecule is CNC(=O)NC(=O)C(C)N1CCN(C(C)c2ccccc2F)CC1. The van der Waals surface area contributed by atoms with Crippen molar-refractivity contribution in [2.75, 3.05) is 33.2 Å². The summed E-state index contributed by atoms with van der Waals surface area (Å²) in [7, 11) is 1.47. The monoisotopic (exact) mass is 336 g/mol. The molecule has 3 amide bonds. The fourth-order valence-electron chi connectivity index (χ4n) is 2.97. The lowest BCUT2D eigenvalue weighted by Gasteiger charge is -2.40. The predicted octanol–water partition coefficient (Wildman–Crippen LogP) is 1.35. The van der Waals surface area contributed by atoms with Gasteiger partial charge in [-0.05, 0) is 19.9 Å². The number of carbonyl (C=O) groups excluding carboxylic acids is 2. The van der Waals surface area contributed by atoms with Gasteiger partial charge < -0.3 is 5.32 Å². The molecule has 1 aromatic rings. The van der Waals surface area contributed by atoms with Crippen molar-refractivity contribution in [3.8, 4) is 0 Å². The second-order valence-corrected chi connectivity index (χ2v) is 6.01. The molecule has 2 rings (SSSR count). The van der Waals surface area contributed by atoms with Gasteiger partial charge in [0.15, 0.2) is 0 Å². The Balaban J connectivity index is 1.90. The third-order valence-electron chi connectivity index (χ3n) is 4.64. The summed E-state index contributed by atoms with van der Waals surface area (Å²) in [4.78, 5) is 27.5. The van der Waals surface area contributed by atoms with Gasteiger partial charge in [-0.1, -0.05) is 18.2 Å². The van der Waals surface area contributed by atoms with Crippen molar-refractivity contribution >= 4 is 11.9 Å². The third kappa shape index (κ3) is 4.30. The van der Waals surface area contributed by atoms with Crippen molar-refractivity contribution in [1.29, 1.82) is 0 Å². The molecule has 1 fully saturated rings. The van der Waals surface area contributed by atoms with Crippen LogP contribution < -0.4 is 10.6 Å². The molecule has 0 spiro atoms. The van der Waals surface area contributed by atoms with E-state index in [1.165, 1.54) is 13.1 Å². The standard InChI is InChI=1S/C17H25FN4O2/c1-12(14-6-4-5-7-15(14)18)21-8-10-22(11-9-21)13(2)16(23)20-17(24)19-3/h4-7,12-13H,8-11H2,1-3H3,(H2,19,20,23,24). The van der Waals surface area contributed by atoms with Crippen LogP contribution >= 0.6 is 0 Å². The van der Waals surface area contributed by atoms with Gasteiger partial charge in [-0.2, -0.15) is 0 Å². The summed E-state index contributed by atoms with van der Waals surface area (Å²) >= 11 is 0. The Morgan fingerprint density at radius 1 is 1.08 bits per heavy atom. The second kappa shape index (κ2) is 8.21. The maximum Gasteiger partial charge on any atom is 0.321 e. The van der Waals surface area contributed by atoms with Crippen LogP contribution in [0, 0.1) is 5.82 Å². The molecule has 2 atom stereocenters. The third-order valence-corrected chi connectivity index (χ3v) is 4.64. The molecule has 0 aromatic heterocycles. The van der Waals surface area contributed by atoms with Crippen LogP contribution in [0.4, 0.5) is 9.18 Å². The molecule has 2 unspecified atom stereocenters. The molecule has 1 aromatic carbocycles. The van der Waals surface area contributed by atoms with E-state index in [4.69, 9.17) is 0 Å². The van der Waals surface area contributed by atoms with E-state index in [0.717, 1.165) is 13.1 Å². The minimum absolute atomic E-state index is 0.0108. The number of nitrogens with one attached hydrogen (secondary N) is 2. The Bertz CT molecular complexity index is 588. The number of amides is 3. The number of imide groups is 1. The van der Waals surface area contributed by atoms with Gasteiger partial charge in [0.25, 0.3) is 0 Å². The fraction of sp³-hybridized carbons (Fsp3) is 0.529. The smallest absolute Gasteiger partial charge is 0.321 e. The first-order chi connectivity index (χ1) is 11.4. The average molecular weight is 336 g/mol. The van der Waals surface area contributed by atoms with Crippen LogP contribution in [0.5, 0.6) is 0 Å². The quantitative estimate of drug-likeness (QED) is 0.871. The highest BCUT2D eigenvalue weighted by Crippen LogP contribution is 2.24. The highest BCUT2D eigenvalue weighted by Gasteiger charge is 2.29. The number of halogens is 1. The van der Waals surface area contributed by atoms with Gasteiger partial charge in [-0.25, -0.2) is 9.18 Å². The summed E-state index contributed by atoms with van der Waals surface area (Å²) in [6.45, 7) is 6.66. The first kappa shape index (κ1) is 18.4. The molecule has 1 saturated heterocycles. The van der Waals surface area contributed by atoms with E-state index in [0.29, 0.717) is 18.7 Å². The van der Waals surface area contributed by atoms with E-state index in [-0.39, 0.29) is 23.8 Å². The zero-order chi connectivity index (χ0) is 17.7. The van der Waals surface area contributed by atoms with Crippen molar-refractivity contribution in [2.24, 2.45) is 0 Å². The maximum absolute atomic E-state index is 13.9. The summed E-state index contributed by atoms with van der Waals surface area (Å²) in [5.74, 6) is -0.504. The number of hydrogen-bond acceptors (Lipinski definition) is 4. The lowest BCUT2D eigenvalue weighted by Crippen LogP contribution is -2.55. The molecule has 0 radical (unpaired) electrons. The number of benzene rings is 1. The Hall–Kier alpha value is -1.99. The molecule has 1 aliphatic rings. The van der Waals surface area contributed by atoms with E-state index < -0.39 is 6.03 Å². The van der Waals surface area contributed by atoms with Crippen LogP contribution in [0.25, 0.3) is 0 Å². The van der Waals surface area contributed by atoms with E-state index in [1.54, 1.807) is 13.0 Å². The number of piperazine rings is 1. The maximum atomic E-state index is 13.9. The molecule has 0 aliphatic carbocycles. The van der Waals surface area contributed by atoms with Crippen LogP contribution in [0.2, 0.25) is 0 Å². The first-order valence-corrected chi connectivity index (χ1v) is 8.19.